The third-order valence-electron chi connectivity index (χ3n) is 3.99. The number of benzene rings is 2. The van der Waals surface area contributed by atoms with Crippen LogP contribution in [-0.2, 0) is 14.6 Å². The van der Waals surface area contributed by atoms with Crippen molar-refractivity contribution in [2.24, 2.45) is 0 Å². The van der Waals surface area contributed by atoms with E-state index in [0.717, 1.165) is 6.26 Å². The zero-order valence-corrected chi connectivity index (χ0v) is 15.5. The van der Waals surface area contributed by atoms with E-state index in [1.807, 2.05) is 6.07 Å². The highest BCUT2D eigenvalue weighted by atomic mass is 32.2. The predicted octanol–water partition coefficient (Wildman–Crippen LogP) is 1.92. The molecule has 0 saturated heterocycles. The molecule has 1 amide bonds. The van der Waals surface area contributed by atoms with Crippen LogP contribution >= 0.6 is 0 Å². The molecule has 0 saturated carbocycles. The van der Waals surface area contributed by atoms with Gasteiger partial charge in [-0.3, -0.25) is 10.1 Å². The van der Waals surface area contributed by atoms with Gasteiger partial charge in [0.05, 0.1) is 4.90 Å². The molecule has 0 radical (unpaired) electrons. The van der Waals surface area contributed by atoms with Crippen LogP contribution < -0.4 is 14.8 Å². The number of rotatable bonds is 4. The van der Waals surface area contributed by atoms with E-state index in [-0.39, 0.29) is 23.4 Å². The summed E-state index contributed by atoms with van der Waals surface area (Å²) in [6.45, 7) is 0.0524. The number of nitrogens with zero attached hydrogens (tertiary/aromatic N) is 2. The van der Waals surface area contributed by atoms with Gasteiger partial charge in [-0.05, 0) is 36.4 Å². The number of hydrogen-bond donors (Lipinski definition) is 1. The molecular weight excluding hydrogens is 386 g/mol. The van der Waals surface area contributed by atoms with E-state index >= 15 is 0 Å². The predicted molar refractivity (Wildman–Crippen MR) is 97.8 cm³/mol. The summed E-state index contributed by atoms with van der Waals surface area (Å²) in [5, 5.41) is 10.1. The molecule has 2 aromatic carbocycles. The molecule has 28 heavy (non-hydrogen) atoms. The van der Waals surface area contributed by atoms with Gasteiger partial charge in [0.2, 0.25) is 12.0 Å². The summed E-state index contributed by atoms with van der Waals surface area (Å²) >= 11 is 0. The van der Waals surface area contributed by atoms with E-state index < -0.39 is 21.8 Å². The van der Waals surface area contributed by atoms with Crippen LogP contribution in [0.15, 0.2) is 57.8 Å². The maximum absolute atomic E-state index is 12.4. The highest BCUT2D eigenvalue weighted by Gasteiger charge is 2.28. The second kappa shape index (κ2) is 6.97. The zero-order chi connectivity index (χ0) is 19.7. The molecule has 1 aliphatic rings. The number of carbonyl (C=O) groups excluding carboxylic acids is 1. The van der Waals surface area contributed by atoms with E-state index in [1.54, 1.807) is 30.3 Å². The number of amides is 1. The normalized spacial score (nSPS) is 15.8. The molecule has 0 aliphatic carbocycles. The molecule has 1 aromatic heterocycles. The molecule has 9 nitrogen and oxygen atoms in total. The Morgan fingerprint density at radius 1 is 1.07 bits per heavy atom. The lowest BCUT2D eigenvalue weighted by atomic mass is 10.2. The van der Waals surface area contributed by atoms with E-state index in [0.29, 0.717) is 17.1 Å². The first-order valence-corrected chi connectivity index (χ1v) is 10.1. The first-order chi connectivity index (χ1) is 13.4. The fraction of sp³-hybridized carbons (Fsp3) is 0.167. The lowest BCUT2D eigenvalue weighted by molar-refractivity contribution is -0.125. The minimum absolute atomic E-state index is 0.0524. The van der Waals surface area contributed by atoms with Crippen LogP contribution in [0, 0.1) is 0 Å². The smallest absolute Gasteiger partial charge is 0.322 e. The van der Waals surface area contributed by atoms with Gasteiger partial charge >= 0.3 is 6.01 Å². The van der Waals surface area contributed by atoms with Crippen LogP contribution in [-0.4, -0.2) is 43.5 Å². The molecule has 2 heterocycles. The average molecular weight is 401 g/mol. The maximum atomic E-state index is 12.4. The summed E-state index contributed by atoms with van der Waals surface area (Å²) in [6, 6.07) is 12.9. The van der Waals surface area contributed by atoms with E-state index in [9.17, 15) is 13.2 Å². The van der Waals surface area contributed by atoms with Gasteiger partial charge in [0.25, 0.3) is 5.91 Å². The molecular formula is C18H15N3O6S. The quantitative estimate of drug-likeness (QED) is 0.704. The molecule has 1 atom stereocenters. The van der Waals surface area contributed by atoms with Crippen molar-refractivity contribution in [3.8, 4) is 23.0 Å². The summed E-state index contributed by atoms with van der Waals surface area (Å²) in [4.78, 5) is 12.5. The fourth-order valence-corrected chi connectivity index (χ4v) is 3.20. The molecule has 0 fully saturated rings. The van der Waals surface area contributed by atoms with Crippen LogP contribution in [0.25, 0.3) is 11.5 Å². The van der Waals surface area contributed by atoms with Crippen molar-refractivity contribution in [3.63, 3.8) is 0 Å². The van der Waals surface area contributed by atoms with Crippen LogP contribution in [0.2, 0.25) is 0 Å². The highest BCUT2D eigenvalue weighted by molar-refractivity contribution is 7.90. The van der Waals surface area contributed by atoms with Crippen molar-refractivity contribution in [1.29, 1.82) is 0 Å². The minimum atomic E-state index is -3.30. The number of nitrogens with one attached hydrogen (secondary N) is 1. The van der Waals surface area contributed by atoms with Gasteiger partial charge in [0.15, 0.2) is 21.3 Å². The van der Waals surface area contributed by atoms with Crippen molar-refractivity contribution < 1.29 is 27.1 Å². The van der Waals surface area contributed by atoms with E-state index in [2.05, 4.69) is 15.5 Å². The molecule has 1 N–H and O–H groups in total. The number of anilines is 1. The Morgan fingerprint density at radius 3 is 2.50 bits per heavy atom. The number of ether oxygens (including phenoxy) is 2. The molecule has 0 bridgehead atoms. The van der Waals surface area contributed by atoms with Crippen LogP contribution in [0.1, 0.15) is 0 Å². The van der Waals surface area contributed by atoms with E-state index in [1.165, 1.54) is 12.1 Å². The van der Waals surface area contributed by atoms with Crippen LogP contribution in [0.3, 0.4) is 0 Å². The number of fused-ring (bicyclic) bond motifs is 1. The molecule has 4 rings (SSSR count). The molecule has 1 aliphatic heterocycles. The van der Waals surface area contributed by atoms with Gasteiger partial charge in [0.1, 0.15) is 6.61 Å². The summed E-state index contributed by atoms with van der Waals surface area (Å²) in [6.07, 6.45) is 0.261. The van der Waals surface area contributed by atoms with Crippen LogP contribution in [0.4, 0.5) is 6.01 Å². The second-order valence-electron chi connectivity index (χ2n) is 6.06. The maximum Gasteiger partial charge on any atom is 0.322 e. The molecule has 10 heteroatoms. The van der Waals surface area contributed by atoms with Gasteiger partial charge in [-0.1, -0.05) is 17.2 Å². The van der Waals surface area contributed by atoms with Crippen molar-refractivity contribution in [2.75, 3.05) is 18.2 Å². The first-order valence-electron chi connectivity index (χ1n) is 8.23. The lowest BCUT2D eigenvalue weighted by Crippen LogP contribution is -2.40. The van der Waals surface area contributed by atoms with Crippen molar-refractivity contribution in [2.45, 2.75) is 11.0 Å². The van der Waals surface area contributed by atoms with E-state index in [4.69, 9.17) is 13.9 Å². The average Bonchev–Trinajstić information content (AvgIpc) is 3.15. The topological polar surface area (TPSA) is 121 Å². The van der Waals surface area contributed by atoms with Gasteiger partial charge in [-0.15, -0.1) is 5.10 Å². The van der Waals surface area contributed by atoms with Gasteiger partial charge in [-0.25, -0.2) is 8.42 Å². The SMILES string of the molecule is CS(=O)(=O)c1ccc(-c2nnc(NC(=O)[C@H]3COc4ccccc4O3)o2)cc1. The third kappa shape index (κ3) is 3.67. The summed E-state index contributed by atoms with van der Waals surface area (Å²) in [5.74, 6) is 0.703. The fourth-order valence-electron chi connectivity index (χ4n) is 2.57. The second-order valence-corrected chi connectivity index (χ2v) is 8.08. The molecule has 0 unspecified atom stereocenters. The van der Waals surface area contributed by atoms with Crippen molar-refractivity contribution in [1.82, 2.24) is 10.2 Å². The number of hydrogen-bond acceptors (Lipinski definition) is 8. The highest BCUT2D eigenvalue weighted by Crippen LogP contribution is 2.31. The summed E-state index contributed by atoms with van der Waals surface area (Å²) in [7, 11) is -3.30. The zero-order valence-electron chi connectivity index (χ0n) is 14.7. The number of sulfone groups is 1. The number of aromatic nitrogens is 2. The van der Waals surface area contributed by atoms with Gasteiger partial charge in [0, 0.05) is 11.8 Å². The summed E-state index contributed by atoms with van der Waals surface area (Å²) in [5.41, 5.74) is 0.520. The molecule has 3 aromatic rings. The summed E-state index contributed by atoms with van der Waals surface area (Å²) < 4.78 is 39.6. The Balaban J connectivity index is 1.44. The number of carbonyl (C=O) groups is 1. The Bertz CT molecular complexity index is 1120. The van der Waals surface area contributed by atoms with Crippen LogP contribution in [0.5, 0.6) is 11.5 Å². The third-order valence-corrected chi connectivity index (χ3v) is 5.11. The van der Waals surface area contributed by atoms with Crippen molar-refractivity contribution in [3.05, 3.63) is 48.5 Å². The standard InChI is InChI=1S/C18H15N3O6S/c1-28(23,24)12-8-6-11(7-9-12)17-20-21-18(27-17)19-16(22)15-10-25-13-4-2-3-5-14(13)26-15/h2-9,15H,10H2,1H3,(H,19,21,22)/t15-/m1/s1. The first kappa shape index (κ1) is 18.0. The Labute approximate surface area is 160 Å². The Hall–Kier alpha value is -3.40. The lowest BCUT2D eigenvalue weighted by Gasteiger charge is -2.24. The Morgan fingerprint density at radius 2 is 1.79 bits per heavy atom. The molecule has 0 spiro atoms. The molecule has 144 valence electrons. The monoisotopic (exact) mass is 401 g/mol. The van der Waals surface area contributed by atoms with Crippen molar-refractivity contribution >= 4 is 21.8 Å². The van der Waals surface area contributed by atoms with Gasteiger partial charge in [-0.2, -0.15) is 0 Å². The number of para-hydroxylation sites is 2. The van der Waals surface area contributed by atoms with Gasteiger partial charge < -0.3 is 13.9 Å². The Kier molecular flexibility index (Phi) is 4.47. The minimum Gasteiger partial charge on any atom is -0.485 e. The largest absolute Gasteiger partial charge is 0.485 e.